The zero-order valence-electron chi connectivity index (χ0n) is 19.1. The number of hydrogen-bond donors (Lipinski definition) is 2. The fourth-order valence-electron chi connectivity index (χ4n) is 7.87. The maximum Gasteiger partial charge on any atom is 0.0811 e. The van der Waals surface area contributed by atoms with Crippen LogP contribution >= 0.6 is 0 Å². The molecule has 4 fully saturated rings. The third-order valence-corrected chi connectivity index (χ3v) is 9.44. The van der Waals surface area contributed by atoms with Crippen LogP contribution in [0.3, 0.4) is 0 Å². The second-order valence-electron chi connectivity index (χ2n) is 10.8. The number of aliphatic hydroxyl groups excluding tert-OH is 2. The molecule has 4 aliphatic carbocycles. The second-order valence-corrected chi connectivity index (χ2v) is 10.8. The topological polar surface area (TPSA) is 65.2 Å². The summed E-state index contributed by atoms with van der Waals surface area (Å²) >= 11 is 0. The van der Waals surface area contributed by atoms with Crippen molar-refractivity contribution in [1.82, 2.24) is 0 Å². The molecule has 0 aromatic carbocycles. The van der Waals surface area contributed by atoms with E-state index in [1.165, 1.54) is 18.6 Å². The number of aliphatic imine (C=N–C) groups is 2. The molecular weight excluding hydrogens is 372 g/mol. The van der Waals surface area contributed by atoms with E-state index in [2.05, 4.69) is 25.4 Å². The van der Waals surface area contributed by atoms with Gasteiger partial charge in [0.1, 0.15) is 0 Å². The molecule has 0 aliphatic heterocycles. The van der Waals surface area contributed by atoms with Gasteiger partial charge in [0.05, 0.1) is 24.5 Å². The van der Waals surface area contributed by atoms with Crippen molar-refractivity contribution >= 4 is 11.4 Å². The molecule has 8 atom stereocenters. The van der Waals surface area contributed by atoms with Gasteiger partial charge < -0.3 is 10.2 Å². The number of aliphatic hydroxyl groups is 2. The zero-order valence-corrected chi connectivity index (χ0v) is 19.1. The van der Waals surface area contributed by atoms with Crippen LogP contribution in [0.1, 0.15) is 72.1 Å². The monoisotopic (exact) mass is 412 g/mol. The van der Waals surface area contributed by atoms with Crippen LogP contribution in [0.2, 0.25) is 0 Å². The predicted molar refractivity (Wildman–Crippen MR) is 124 cm³/mol. The van der Waals surface area contributed by atoms with Gasteiger partial charge in [0, 0.05) is 17.3 Å². The quantitative estimate of drug-likeness (QED) is 0.641. The molecule has 30 heavy (non-hydrogen) atoms. The van der Waals surface area contributed by atoms with Gasteiger partial charge in [-0.15, -0.1) is 0 Å². The predicted octanol–water partition coefficient (Wildman–Crippen LogP) is 4.96. The van der Waals surface area contributed by atoms with Gasteiger partial charge in [-0.05, 0) is 93.5 Å². The van der Waals surface area contributed by atoms with Crippen molar-refractivity contribution in [1.29, 1.82) is 0 Å². The summed E-state index contributed by atoms with van der Waals surface area (Å²) in [6.07, 6.45) is 13.5. The number of hydrogen-bond acceptors (Lipinski definition) is 4. The molecule has 0 amide bonds. The summed E-state index contributed by atoms with van der Waals surface area (Å²) in [6, 6.07) is 0. The van der Waals surface area contributed by atoms with Gasteiger partial charge in [-0.1, -0.05) is 26.5 Å². The third-order valence-electron chi connectivity index (χ3n) is 9.44. The van der Waals surface area contributed by atoms with E-state index in [0.717, 1.165) is 44.2 Å². The molecule has 2 N–H and O–H groups in total. The Morgan fingerprint density at radius 2 is 1.93 bits per heavy atom. The van der Waals surface area contributed by atoms with E-state index >= 15 is 0 Å². The average molecular weight is 413 g/mol. The summed E-state index contributed by atoms with van der Waals surface area (Å²) in [5, 5.41) is 21.5. The van der Waals surface area contributed by atoms with Crippen molar-refractivity contribution < 1.29 is 10.2 Å². The summed E-state index contributed by atoms with van der Waals surface area (Å²) in [7, 11) is 0. The first-order valence-corrected chi connectivity index (χ1v) is 12.0. The maximum absolute atomic E-state index is 11.3. The van der Waals surface area contributed by atoms with Crippen LogP contribution in [0, 0.1) is 34.5 Å². The van der Waals surface area contributed by atoms with Crippen molar-refractivity contribution in [3.05, 3.63) is 24.9 Å². The van der Waals surface area contributed by atoms with Crippen LogP contribution < -0.4 is 0 Å². The maximum atomic E-state index is 11.3. The minimum atomic E-state index is -0.233. The number of nitrogens with zero attached hydrogens (tertiary/aromatic N) is 2. The molecule has 4 saturated carbocycles. The fraction of sp³-hybridized carbons (Fsp3) is 0.769. The van der Waals surface area contributed by atoms with Crippen LogP contribution in [0.4, 0.5) is 0 Å². The highest BCUT2D eigenvalue weighted by Crippen LogP contribution is 2.65. The molecule has 4 rings (SSSR count). The van der Waals surface area contributed by atoms with Gasteiger partial charge in [0.2, 0.25) is 0 Å². The van der Waals surface area contributed by atoms with Gasteiger partial charge in [-0.25, -0.2) is 0 Å². The molecule has 0 heterocycles. The summed E-state index contributed by atoms with van der Waals surface area (Å²) in [5.74, 6) is 1.95. The summed E-state index contributed by atoms with van der Waals surface area (Å²) in [4.78, 5) is 9.43. The van der Waals surface area contributed by atoms with Crippen LogP contribution in [-0.2, 0) is 0 Å². The molecule has 0 unspecified atom stereocenters. The molecule has 4 nitrogen and oxygen atoms in total. The number of fused-ring (bicyclic) bond motifs is 5. The van der Waals surface area contributed by atoms with Crippen molar-refractivity contribution in [2.75, 3.05) is 6.54 Å². The van der Waals surface area contributed by atoms with E-state index < -0.39 is 0 Å². The first-order valence-electron chi connectivity index (χ1n) is 12.0. The van der Waals surface area contributed by atoms with Crippen molar-refractivity contribution in [2.45, 2.75) is 84.3 Å². The SMILES string of the molecule is C=C/N=C(\C=C/C)C/N=C1\CC[C@H]2[C@@H]3[C@H](O)C[C@@H]4C[C@H](O)CC[C@]4(C)[C@H]3CC[C@]12C. The average Bonchev–Trinajstić information content (AvgIpc) is 3.04. The third kappa shape index (κ3) is 3.54. The van der Waals surface area contributed by atoms with Crippen LogP contribution in [0.5, 0.6) is 0 Å². The minimum absolute atomic E-state index is 0.106. The van der Waals surface area contributed by atoms with E-state index in [1.54, 1.807) is 6.20 Å². The molecule has 0 aromatic rings. The van der Waals surface area contributed by atoms with E-state index in [1.807, 2.05) is 19.1 Å². The minimum Gasteiger partial charge on any atom is -0.393 e. The van der Waals surface area contributed by atoms with Crippen molar-refractivity contribution in [3.8, 4) is 0 Å². The van der Waals surface area contributed by atoms with Gasteiger partial charge in [0.25, 0.3) is 0 Å². The van der Waals surface area contributed by atoms with Crippen molar-refractivity contribution in [2.24, 2.45) is 44.5 Å². The fourth-order valence-corrected chi connectivity index (χ4v) is 7.87. The zero-order chi connectivity index (χ0) is 21.5. The van der Waals surface area contributed by atoms with Crippen LogP contribution in [-0.4, -0.2) is 40.4 Å². The lowest BCUT2D eigenvalue weighted by Crippen LogP contribution is -2.58. The lowest BCUT2D eigenvalue weighted by molar-refractivity contribution is -0.162. The van der Waals surface area contributed by atoms with E-state index in [9.17, 15) is 10.2 Å². The normalized spacial score (nSPS) is 47.8. The number of allylic oxidation sites excluding steroid dienone is 1. The van der Waals surface area contributed by atoms with Crippen molar-refractivity contribution in [3.63, 3.8) is 0 Å². The molecule has 0 bridgehead atoms. The van der Waals surface area contributed by atoms with Gasteiger partial charge >= 0.3 is 0 Å². The standard InChI is InChI=1S/C26H40N2O2/c1-5-7-18(27-6-2)16-28-23-9-8-20-24-21(11-13-26(20,23)4)25(3)12-10-19(29)14-17(25)15-22(24)30/h5-7,17,19-22,24,29-30H,2,8-16H2,1,3-4H3/b7-5-,27-18+,28-23+/t17-,19+,20-,21-,22+,24-,25-,26-/m0/s1. The lowest BCUT2D eigenvalue weighted by Gasteiger charge is -2.61. The molecule has 0 aromatic heterocycles. The first-order chi connectivity index (χ1) is 14.3. The van der Waals surface area contributed by atoms with Gasteiger partial charge in [-0.3, -0.25) is 9.98 Å². The smallest absolute Gasteiger partial charge is 0.0811 e. The Bertz CT molecular complexity index is 756. The number of rotatable bonds is 4. The van der Waals surface area contributed by atoms with Gasteiger partial charge in [0.15, 0.2) is 0 Å². The molecule has 166 valence electrons. The first kappa shape index (κ1) is 22.0. The molecule has 4 aliphatic rings. The van der Waals surface area contributed by atoms with E-state index in [-0.39, 0.29) is 23.0 Å². The van der Waals surface area contributed by atoms with E-state index in [4.69, 9.17) is 4.99 Å². The Morgan fingerprint density at radius 1 is 1.13 bits per heavy atom. The summed E-state index contributed by atoms with van der Waals surface area (Å²) < 4.78 is 0. The molecule has 4 heteroatoms. The molecule has 0 radical (unpaired) electrons. The highest BCUT2D eigenvalue weighted by molar-refractivity contribution is 6.00. The Balaban J connectivity index is 1.58. The molecular formula is C26H40N2O2. The Morgan fingerprint density at radius 3 is 2.67 bits per heavy atom. The summed E-state index contributed by atoms with van der Waals surface area (Å²) in [6.45, 7) is 11.2. The molecule has 0 spiro atoms. The van der Waals surface area contributed by atoms with Gasteiger partial charge in [-0.2, -0.15) is 0 Å². The second kappa shape index (κ2) is 8.35. The Labute approximate surface area is 182 Å². The largest absolute Gasteiger partial charge is 0.393 e. The highest BCUT2D eigenvalue weighted by Gasteiger charge is 2.61. The highest BCUT2D eigenvalue weighted by atomic mass is 16.3. The van der Waals surface area contributed by atoms with Crippen LogP contribution in [0.25, 0.3) is 0 Å². The Kier molecular flexibility index (Phi) is 6.11. The van der Waals surface area contributed by atoms with E-state index in [0.29, 0.717) is 30.2 Å². The summed E-state index contributed by atoms with van der Waals surface area (Å²) in [5.41, 5.74) is 2.68. The molecule has 0 saturated heterocycles. The lowest BCUT2D eigenvalue weighted by atomic mass is 9.44. The Hall–Kier alpha value is -1.26. The van der Waals surface area contributed by atoms with Crippen LogP contribution in [0.15, 0.2) is 34.9 Å².